The minimum absolute atomic E-state index is 0.0451. The maximum absolute atomic E-state index is 11.5. The fourth-order valence-electron chi connectivity index (χ4n) is 1.42. The van der Waals surface area contributed by atoms with E-state index in [-0.39, 0.29) is 11.8 Å². The number of amides is 2. The van der Waals surface area contributed by atoms with Gasteiger partial charge in [-0.1, -0.05) is 12.2 Å². The minimum atomic E-state index is -0.0451. The molecule has 0 N–H and O–H groups in total. The summed E-state index contributed by atoms with van der Waals surface area (Å²) in [7, 11) is 0. The Labute approximate surface area is 89.6 Å². The summed E-state index contributed by atoms with van der Waals surface area (Å²) in [5.41, 5.74) is 0. The second kappa shape index (κ2) is 5.86. The monoisotopic (exact) mass is 213 g/mol. The smallest absolute Gasteiger partial charge is 0.229 e. The Bertz CT molecular complexity index is 233. The SMILES string of the molecule is O=C1CCCCC(=O)N1C/C=C/CS. The molecule has 0 aromatic heterocycles. The number of hydrogen-bond donors (Lipinski definition) is 1. The quantitative estimate of drug-likeness (QED) is 0.437. The first-order valence-electron chi connectivity index (χ1n) is 4.84. The molecule has 1 fully saturated rings. The van der Waals surface area contributed by atoms with Crippen molar-refractivity contribution < 1.29 is 9.59 Å². The summed E-state index contributed by atoms with van der Waals surface area (Å²) in [5, 5.41) is 0. The second-order valence-corrected chi connectivity index (χ2v) is 3.62. The highest BCUT2D eigenvalue weighted by Gasteiger charge is 2.22. The molecular weight excluding hydrogens is 198 g/mol. The third kappa shape index (κ3) is 3.18. The molecule has 2 amide bonds. The van der Waals surface area contributed by atoms with Crippen LogP contribution in [0.4, 0.5) is 0 Å². The summed E-state index contributed by atoms with van der Waals surface area (Å²) in [6.07, 6.45) is 6.32. The number of hydrogen-bond acceptors (Lipinski definition) is 3. The third-order valence-corrected chi connectivity index (χ3v) is 2.40. The predicted molar refractivity (Wildman–Crippen MR) is 58.2 cm³/mol. The molecule has 14 heavy (non-hydrogen) atoms. The van der Waals surface area contributed by atoms with E-state index in [2.05, 4.69) is 12.6 Å². The number of carbonyl (C=O) groups is 2. The van der Waals surface area contributed by atoms with Gasteiger partial charge in [0, 0.05) is 25.1 Å². The van der Waals surface area contributed by atoms with Crippen LogP contribution in [0.3, 0.4) is 0 Å². The second-order valence-electron chi connectivity index (χ2n) is 3.26. The van der Waals surface area contributed by atoms with Gasteiger partial charge in [0.15, 0.2) is 0 Å². The molecular formula is C10H15NO2S. The molecule has 1 aliphatic heterocycles. The molecule has 0 radical (unpaired) electrons. The third-order valence-electron chi connectivity index (χ3n) is 2.19. The first-order chi connectivity index (χ1) is 6.75. The van der Waals surface area contributed by atoms with Crippen LogP contribution >= 0.6 is 12.6 Å². The predicted octanol–water partition coefficient (Wildman–Crippen LogP) is 1.40. The van der Waals surface area contributed by atoms with Crippen LogP contribution in [0.15, 0.2) is 12.2 Å². The first-order valence-corrected chi connectivity index (χ1v) is 5.48. The van der Waals surface area contributed by atoms with Gasteiger partial charge in [-0.25, -0.2) is 0 Å². The van der Waals surface area contributed by atoms with Crippen molar-refractivity contribution in [2.45, 2.75) is 25.7 Å². The van der Waals surface area contributed by atoms with Crippen LogP contribution in [0, 0.1) is 0 Å². The molecule has 0 aliphatic carbocycles. The fraction of sp³-hybridized carbons (Fsp3) is 0.600. The van der Waals surface area contributed by atoms with Crippen LogP contribution in [-0.4, -0.2) is 29.0 Å². The number of thiol groups is 1. The van der Waals surface area contributed by atoms with Crippen LogP contribution in [0.1, 0.15) is 25.7 Å². The van der Waals surface area contributed by atoms with E-state index < -0.39 is 0 Å². The van der Waals surface area contributed by atoms with E-state index in [1.54, 1.807) is 0 Å². The Morgan fingerprint density at radius 2 is 1.71 bits per heavy atom. The molecule has 0 saturated carbocycles. The molecule has 1 aliphatic rings. The van der Waals surface area contributed by atoms with Gasteiger partial charge in [-0.2, -0.15) is 12.6 Å². The molecule has 0 aromatic rings. The zero-order valence-corrected chi connectivity index (χ0v) is 9.00. The molecule has 1 rings (SSSR count). The largest absolute Gasteiger partial charge is 0.279 e. The van der Waals surface area contributed by atoms with Crippen LogP contribution in [0.2, 0.25) is 0 Å². The summed E-state index contributed by atoms with van der Waals surface area (Å²) >= 11 is 4.01. The zero-order valence-electron chi connectivity index (χ0n) is 8.11. The Kier molecular flexibility index (Phi) is 4.73. The molecule has 78 valence electrons. The van der Waals surface area contributed by atoms with Crippen molar-refractivity contribution in [3.8, 4) is 0 Å². The molecule has 0 aromatic carbocycles. The number of imide groups is 1. The number of carbonyl (C=O) groups excluding carboxylic acids is 2. The maximum atomic E-state index is 11.5. The summed E-state index contributed by atoms with van der Waals surface area (Å²) in [5.74, 6) is 0.545. The Morgan fingerprint density at radius 3 is 2.21 bits per heavy atom. The number of rotatable bonds is 3. The van der Waals surface area contributed by atoms with Gasteiger partial charge in [0.05, 0.1) is 0 Å². The summed E-state index contributed by atoms with van der Waals surface area (Å²) in [6.45, 7) is 0.401. The van der Waals surface area contributed by atoms with E-state index in [1.165, 1.54) is 4.90 Å². The van der Waals surface area contributed by atoms with Crippen molar-refractivity contribution in [3.05, 3.63) is 12.2 Å². The highest BCUT2D eigenvalue weighted by Crippen LogP contribution is 2.12. The Hall–Kier alpha value is -0.770. The van der Waals surface area contributed by atoms with Gasteiger partial charge in [0.1, 0.15) is 0 Å². The van der Waals surface area contributed by atoms with Crippen LogP contribution in [-0.2, 0) is 9.59 Å². The van der Waals surface area contributed by atoms with E-state index in [1.807, 2.05) is 12.2 Å². The molecule has 0 atom stereocenters. The van der Waals surface area contributed by atoms with Crippen LogP contribution in [0.5, 0.6) is 0 Å². The van der Waals surface area contributed by atoms with Gasteiger partial charge in [-0.3, -0.25) is 14.5 Å². The summed E-state index contributed by atoms with van der Waals surface area (Å²) in [6, 6.07) is 0. The van der Waals surface area contributed by atoms with E-state index in [0.29, 0.717) is 25.1 Å². The topological polar surface area (TPSA) is 37.4 Å². The van der Waals surface area contributed by atoms with Gasteiger partial charge >= 0.3 is 0 Å². The van der Waals surface area contributed by atoms with E-state index in [9.17, 15) is 9.59 Å². The van der Waals surface area contributed by atoms with Crippen LogP contribution in [0.25, 0.3) is 0 Å². The van der Waals surface area contributed by atoms with Crippen LogP contribution < -0.4 is 0 Å². The van der Waals surface area contributed by atoms with Crippen molar-refractivity contribution in [2.24, 2.45) is 0 Å². The molecule has 1 saturated heterocycles. The van der Waals surface area contributed by atoms with Gasteiger partial charge < -0.3 is 0 Å². The van der Waals surface area contributed by atoms with E-state index in [0.717, 1.165) is 12.8 Å². The molecule has 1 heterocycles. The van der Waals surface area contributed by atoms with E-state index in [4.69, 9.17) is 0 Å². The lowest BCUT2D eigenvalue weighted by Gasteiger charge is -2.15. The fourth-order valence-corrected chi connectivity index (χ4v) is 1.57. The zero-order chi connectivity index (χ0) is 10.4. The molecule has 0 unspecified atom stereocenters. The molecule has 0 spiro atoms. The number of likely N-dealkylation sites (tertiary alicyclic amines) is 1. The average molecular weight is 213 g/mol. The van der Waals surface area contributed by atoms with Gasteiger partial charge in [0.25, 0.3) is 0 Å². The average Bonchev–Trinajstić information content (AvgIpc) is 2.32. The normalized spacial score (nSPS) is 19.1. The minimum Gasteiger partial charge on any atom is -0.279 e. The molecule has 0 bridgehead atoms. The van der Waals surface area contributed by atoms with Crippen molar-refractivity contribution in [1.29, 1.82) is 0 Å². The Morgan fingerprint density at radius 1 is 1.14 bits per heavy atom. The van der Waals surface area contributed by atoms with Gasteiger partial charge in [0.2, 0.25) is 11.8 Å². The van der Waals surface area contributed by atoms with Crippen molar-refractivity contribution in [1.82, 2.24) is 4.90 Å². The standard InChI is InChI=1S/C10H15NO2S/c12-9-5-1-2-6-10(13)11(9)7-3-4-8-14/h3-4,14H,1-2,5-8H2/b4-3+. The lowest BCUT2D eigenvalue weighted by molar-refractivity contribution is -0.143. The summed E-state index contributed by atoms with van der Waals surface area (Å²) < 4.78 is 0. The summed E-state index contributed by atoms with van der Waals surface area (Å²) in [4.78, 5) is 24.3. The maximum Gasteiger partial charge on any atom is 0.229 e. The van der Waals surface area contributed by atoms with Crippen molar-refractivity contribution in [3.63, 3.8) is 0 Å². The lowest BCUT2D eigenvalue weighted by Crippen LogP contribution is -2.35. The van der Waals surface area contributed by atoms with Crippen molar-refractivity contribution >= 4 is 24.4 Å². The molecule has 3 nitrogen and oxygen atoms in total. The lowest BCUT2D eigenvalue weighted by atomic mass is 10.2. The Balaban J connectivity index is 2.56. The molecule has 4 heteroatoms. The van der Waals surface area contributed by atoms with Gasteiger partial charge in [-0.15, -0.1) is 0 Å². The number of nitrogens with zero attached hydrogens (tertiary/aromatic N) is 1. The first kappa shape index (κ1) is 11.3. The van der Waals surface area contributed by atoms with E-state index >= 15 is 0 Å². The van der Waals surface area contributed by atoms with Crippen molar-refractivity contribution in [2.75, 3.05) is 12.3 Å². The highest BCUT2D eigenvalue weighted by molar-refractivity contribution is 7.80. The van der Waals surface area contributed by atoms with Gasteiger partial charge in [-0.05, 0) is 12.8 Å². The highest BCUT2D eigenvalue weighted by atomic mass is 32.1.